The second-order valence-electron chi connectivity index (χ2n) is 4.37. The number of hydrogen-bond donors (Lipinski definition) is 1. The van der Waals surface area contributed by atoms with E-state index in [2.05, 4.69) is 5.32 Å². The van der Waals surface area contributed by atoms with Crippen molar-refractivity contribution in [2.24, 2.45) is 0 Å². The molecule has 112 valence electrons. The Labute approximate surface area is 116 Å². The lowest BCUT2D eigenvalue weighted by Crippen LogP contribution is -2.13. The second-order valence-corrected chi connectivity index (χ2v) is 4.37. The number of halogens is 6. The summed E-state index contributed by atoms with van der Waals surface area (Å²) in [6, 6.07) is 4.20. The maximum Gasteiger partial charge on any atom is 0.200 e. The van der Waals surface area contributed by atoms with Crippen LogP contribution in [0.1, 0.15) is 18.5 Å². The first-order valence-electron chi connectivity index (χ1n) is 5.86. The van der Waals surface area contributed by atoms with E-state index in [1.807, 2.05) is 0 Å². The Kier molecular flexibility index (Phi) is 4.11. The lowest BCUT2D eigenvalue weighted by Gasteiger charge is -2.17. The molecule has 2 aromatic carbocycles. The highest BCUT2D eigenvalue weighted by Gasteiger charge is 2.26. The highest BCUT2D eigenvalue weighted by Crippen LogP contribution is 2.30. The molecule has 7 heteroatoms. The first kappa shape index (κ1) is 15.2. The van der Waals surface area contributed by atoms with Crippen molar-refractivity contribution in [1.82, 2.24) is 0 Å². The van der Waals surface area contributed by atoms with E-state index in [-0.39, 0.29) is 0 Å². The van der Waals surface area contributed by atoms with Gasteiger partial charge in [-0.05, 0) is 24.6 Å². The van der Waals surface area contributed by atoms with Gasteiger partial charge in [-0.2, -0.15) is 0 Å². The van der Waals surface area contributed by atoms with Crippen molar-refractivity contribution in [3.8, 4) is 0 Å². The highest BCUT2D eigenvalue weighted by molar-refractivity contribution is 5.49. The standard InChI is InChI=1S/C14H9F6N/c1-6(7-3-2-4-8(15)5-7)21-14-12(19)10(17)9(16)11(18)13(14)20/h2-6,21H,1H3. The van der Waals surface area contributed by atoms with Crippen LogP contribution >= 0.6 is 0 Å². The molecule has 1 unspecified atom stereocenters. The van der Waals surface area contributed by atoms with Gasteiger partial charge in [-0.3, -0.25) is 0 Å². The molecule has 2 aromatic rings. The molecule has 0 heterocycles. The predicted molar refractivity (Wildman–Crippen MR) is 64.7 cm³/mol. The number of anilines is 1. The molecule has 0 aromatic heterocycles. The number of rotatable bonds is 3. The summed E-state index contributed by atoms with van der Waals surface area (Å²) in [5.41, 5.74) is -0.859. The van der Waals surface area contributed by atoms with Crippen molar-refractivity contribution in [3.63, 3.8) is 0 Å². The summed E-state index contributed by atoms with van der Waals surface area (Å²) in [5, 5.41) is 2.17. The van der Waals surface area contributed by atoms with Crippen molar-refractivity contribution in [2.45, 2.75) is 13.0 Å². The minimum atomic E-state index is -2.23. The lowest BCUT2D eigenvalue weighted by atomic mass is 10.1. The third-order valence-electron chi connectivity index (χ3n) is 2.92. The molecule has 0 aliphatic heterocycles. The largest absolute Gasteiger partial charge is 0.374 e. The Bertz CT molecular complexity index is 656. The van der Waals surface area contributed by atoms with Crippen molar-refractivity contribution in [1.29, 1.82) is 0 Å². The minimum absolute atomic E-state index is 0.291. The maximum atomic E-state index is 13.5. The molecule has 0 saturated heterocycles. The molecule has 1 nitrogen and oxygen atoms in total. The maximum absolute atomic E-state index is 13.5. The van der Waals surface area contributed by atoms with Crippen LogP contribution in [0, 0.1) is 34.9 Å². The molecule has 0 amide bonds. The lowest BCUT2D eigenvalue weighted by molar-refractivity contribution is 0.381. The van der Waals surface area contributed by atoms with Crippen molar-refractivity contribution < 1.29 is 26.3 Å². The Morgan fingerprint density at radius 3 is 1.86 bits per heavy atom. The summed E-state index contributed by atoms with van der Waals surface area (Å²) in [4.78, 5) is 0. The van der Waals surface area contributed by atoms with Crippen LogP contribution in [0.25, 0.3) is 0 Å². The average Bonchev–Trinajstić information content (AvgIpc) is 2.47. The van der Waals surface area contributed by atoms with Crippen molar-refractivity contribution >= 4 is 5.69 Å². The fourth-order valence-corrected chi connectivity index (χ4v) is 1.81. The molecular formula is C14H9F6N. The highest BCUT2D eigenvalue weighted by atomic mass is 19.2. The monoisotopic (exact) mass is 305 g/mol. The SMILES string of the molecule is CC(Nc1c(F)c(F)c(F)c(F)c1F)c1cccc(F)c1. The van der Waals surface area contributed by atoms with Gasteiger partial charge in [0.25, 0.3) is 0 Å². The molecule has 0 bridgehead atoms. The van der Waals surface area contributed by atoms with E-state index in [0.717, 1.165) is 12.1 Å². The zero-order chi connectivity index (χ0) is 15.7. The molecule has 1 N–H and O–H groups in total. The summed E-state index contributed by atoms with van der Waals surface area (Å²) < 4.78 is 79.1. The van der Waals surface area contributed by atoms with Crippen LogP contribution in [-0.2, 0) is 0 Å². The summed E-state index contributed by atoms with van der Waals surface area (Å²) in [6.07, 6.45) is 0. The fraction of sp³-hybridized carbons (Fsp3) is 0.143. The summed E-state index contributed by atoms with van der Waals surface area (Å²) in [6.45, 7) is 1.40. The predicted octanol–water partition coefficient (Wildman–Crippen LogP) is 4.69. The van der Waals surface area contributed by atoms with E-state index in [4.69, 9.17) is 0 Å². The van der Waals surface area contributed by atoms with E-state index >= 15 is 0 Å². The van der Waals surface area contributed by atoms with E-state index in [0.29, 0.717) is 5.56 Å². The van der Waals surface area contributed by atoms with Crippen LogP contribution in [-0.4, -0.2) is 0 Å². The van der Waals surface area contributed by atoms with E-state index in [1.165, 1.54) is 19.1 Å². The molecule has 0 spiro atoms. The smallest absolute Gasteiger partial charge is 0.200 e. The van der Waals surface area contributed by atoms with Gasteiger partial charge in [0.2, 0.25) is 5.82 Å². The van der Waals surface area contributed by atoms with Gasteiger partial charge >= 0.3 is 0 Å². The zero-order valence-corrected chi connectivity index (χ0v) is 10.7. The van der Waals surface area contributed by atoms with Gasteiger partial charge < -0.3 is 5.32 Å². The Balaban J connectivity index is 2.40. The molecule has 0 aliphatic rings. The van der Waals surface area contributed by atoms with Gasteiger partial charge in [0.15, 0.2) is 23.3 Å². The van der Waals surface area contributed by atoms with Gasteiger partial charge in [-0.1, -0.05) is 12.1 Å². The van der Waals surface area contributed by atoms with Crippen molar-refractivity contribution in [2.75, 3.05) is 5.32 Å². The van der Waals surface area contributed by atoms with Crippen LogP contribution in [0.5, 0.6) is 0 Å². The third-order valence-corrected chi connectivity index (χ3v) is 2.92. The van der Waals surface area contributed by atoms with Crippen LogP contribution in [0.15, 0.2) is 24.3 Å². The third kappa shape index (κ3) is 2.81. The zero-order valence-electron chi connectivity index (χ0n) is 10.7. The first-order valence-corrected chi connectivity index (χ1v) is 5.86. The molecule has 0 radical (unpaired) electrons. The number of benzene rings is 2. The normalized spacial score (nSPS) is 12.3. The Morgan fingerprint density at radius 2 is 1.33 bits per heavy atom. The van der Waals surface area contributed by atoms with Gasteiger partial charge in [0.1, 0.15) is 11.5 Å². The van der Waals surface area contributed by atoms with Gasteiger partial charge in [0.05, 0.1) is 0 Å². The average molecular weight is 305 g/mol. The van der Waals surface area contributed by atoms with Crippen LogP contribution in [0.2, 0.25) is 0 Å². The Hall–Kier alpha value is -2.18. The molecule has 2 rings (SSSR count). The second kappa shape index (κ2) is 5.67. The summed E-state index contributed by atoms with van der Waals surface area (Å²) in [7, 11) is 0. The van der Waals surface area contributed by atoms with Crippen molar-refractivity contribution in [3.05, 3.63) is 64.7 Å². The number of hydrogen-bond acceptors (Lipinski definition) is 1. The summed E-state index contributed by atoms with van der Waals surface area (Å²) >= 11 is 0. The Morgan fingerprint density at radius 1 is 0.810 bits per heavy atom. The first-order chi connectivity index (χ1) is 9.82. The number of nitrogens with one attached hydrogen (secondary N) is 1. The quantitative estimate of drug-likeness (QED) is 0.492. The van der Waals surface area contributed by atoms with E-state index in [1.54, 1.807) is 0 Å². The molecule has 0 fully saturated rings. The summed E-state index contributed by atoms with van der Waals surface area (Å²) in [5.74, 6) is -10.8. The van der Waals surface area contributed by atoms with Crippen LogP contribution in [0.4, 0.5) is 32.0 Å². The van der Waals surface area contributed by atoms with Gasteiger partial charge in [-0.25, -0.2) is 26.3 Å². The van der Waals surface area contributed by atoms with Crippen LogP contribution in [0.3, 0.4) is 0 Å². The van der Waals surface area contributed by atoms with Crippen LogP contribution < -0.4 is 5.32 Å². The molecule has 0 aliphatic carbocycles. The molecule has 21 heavy (non-hydrogen) atoms. The molecule has 0 saturated carbocycles. The van der Waals surface area contributed by atoms with E-state index in [9.17, 15) is 26.3 Å². The van der Waals surface area contributed by atoms with Gasteiger partial charge in [-0.15, -0.1) is 0 Å². The fourth-order valence-electron chi connectivity index (χ4n) is 1.81. The van der Waals surface area contributed by atoms with E-state index < -0.39 is 46.6 Å². The molecular weight excluding hydrogens is 296 g/mol. The minimum Gasteiger partial charge on any atom is -0.374 e. The van der Waals surface area contributed by atoms with Gasteiger partial charge in [0, 0.05) is 6.04 Å². The topological polar surface area (TPSA) is 12.0 Å². The molecule has 1 atom stereocenters.